The Morgan fingerprint density at radius 1 is 1.20 bits per heavy atom. The highest BCUT2D eigenvalue weighted by atomic mass is 32.1. The monoisotopic (exact) mass is 293 g/mol. The molecule has 0 aliphatic heterocycles. The summed E-state index contributed by atoms with van der Waals surface area (Å²) in [5.74, 6) is 1.40. The van der Waals surface area contributed by atoms with E-state index < -0.39 is 0 Å². The second-order valence-electron chi connectivity index (χ2n) is 4.77. The van der Waals surface area contributed by atoms with Crippen molar-refractivity contribution in [3.05, 3.63) is 10.9 Å². The number of unbranched alkanes of at least 4 members (excludes halogenated alkanes) is 1. The van der Waals surface area contributed by atoms with Gasteiger partial charge in [0, 0.05) is 11.4 Å². The van der Waals surface area contributed by atoms with Crippen molar-refractivity contribution in [2.75, 3.05) is 18.5 Å². The van der Waals surface area contributed by atoms with Crippen LogP contribution in [0.4, 0.5) is 5.95 Å². The average molecular weight is 293 g/mol. The number of fused-ring (bicyclic) bond motifs is 1. The summed E-state index contributed by atoms with van der Waals surface area (Å²) in [7, 11) is 0. The predicted molar refractivity (Wildman–Crippen MR) is 86.0 cm³/mol. The van der Waals surface area contributed by atoms with Gasteiger partial charge < -0.3 is 10.1 Å². The topological polar surface area (TPSA) is 47.0 Å². The molecule has 5 heteroatoms. The summed E-state index contributed by atoms with van der Waals surface area (Å²) >= 11 is 1.73. The van der Waals surface area contributed by atoms with Gasteiger partial charge in [0.05, 0.1) is 12.0 Å². The molecule has 0 aliphatic rings. The number of aryl methyl sites for hydroxylation is 1. The SMILES string of the molecule is CCCCOc1nc(NCCC)nc2sc(CC)cc12. The molecule has 0 aliphatic carbocycles. The maximum Gasteiger partial charge on any atom is 0.227 e. The third-order valence-electron chi connectivity index (χ3n) is 3.03. The van der Waals surface area contributed by atoms with E-state index >= 15 is 0 Å². The normalized spacial score (nSPS) is 10.9. The lowest BCUT2D eigenvalue weighted by Gasteiger charge is -2.08. The first-order valence-electron chi connectivity index (χ1n) is 7.45. The molecular formula is C15H23N3OS. The lowest BCUT2D eigenvalue weighted by Crippen LogP contribution is -2.06. The Balaban J connectivity index is 2.30. The highest BCUT2D eigenvalue weighted by Gasteiger charge is 2.12. The predicted octanol–water partition coefficient (Wildman–Crippen LogP) is 4.25. The van der Waals surface area contributed by atoms with Crippen LogP contribution in [0.25, 0.3) is 10.2 Å². The maximum absolute atomic E-state index is 5.85. The summed E-state index contributed by atoms with van der Waals surface area (Å²) in [5, 5.41) is 4.30. The van der Waals surface area contributed by atoms with Crippen molar-refractivity contribution < 1.29 is 4.74 Å². The van der Waals surface area contributed by atoms with E-state index in [9.17, 15) is 0 Å². The van der Waals surface area contributed by atoms with Gasteiger partial charge in [0.25, 0.3) is 0 Å². The van der Waals surface area contributed by atoms with Crippen molar-refractivity contribution in [2.24, 2.45) is 0 Å². The van der Waals surface area contributed by atoms with Gasteiger partial charge in [-0.05, 0) is 25.3 Å². The maximum atomic E-state index is 5.85. The molecule has 0 saturated heterocycles. The molecule has 0 fully saturated rings. The average Bonchev–Trinajstić information content (AvgIpc) is 2.88. The number of nitrogens with one attached hydrogen (secondary N) is 1. The smallest absolute Gasteiger partial charge is 0.227 e. The van der Waals surface area contributed by atoms with E-state index in [0.717, 1.165) is 48.3 Å². The standard InChI is InChI=1S/C15H23N3OS/c1-4-7-9-19-13-12-10-11(6-3)20-14(12)18-15(17-13)16-8-5-2/h10H,4-9H2,1-3H3,(H,16,17,18). The van der Waals surface area contributed by atoms with Crippen LogP contribution < -0.4 is 10.1 Å². The fraction of sp³-hybridized carbons (Fsp3) is 0.600. The second-order valence-corrected chi connectivity index (χ2v) is 5.88. The summed E-state index contributed by atoms with van der Waals surface area (Å²) in [6.07, 6.45) is 4.25. The molecule has 0 saturated carbocycles. The molecule has 2 rings (SSSR count). The van der Waals surface area contributed by atoms with Crippen LogP contribution in [-0.2, 0) is 6.42 Å². The van der Waals surface area contributed by atoms with E-state index in [1.165, 1.54) is 4.88 Å². The van der Waals surface area contributed by atoms with E-state index in [0.29, 0.717) is 12.6 Å². The lowest BCUT2D eigenvalue weighted by molar-refractivity contribution is 0.302. The fourth-order valence-corrected chi connectivity index (χ4v) is 2.82. The molecule has 2 heterocycles. The van der Waals surface area contributed by atoms with E-state index in [-0.39, 0.29) is 0 Å². The summed E-state index contributed by atoms with van der Waals surface area (Å²) in [4.78, 5) is 11.4. The Hall–Kier alpha value is -1.36. The van der Waals surface area contributed by atoms with E-state index in [2.05, 4.69) is 42.1 Å². The molecule has 20 heavy (non-hydrogen) atoms. The fourth-order valence-electron chi connectivity index (χ4n) is 1.86. The van der Waals surface area contributed by atoms with Gasteiger partial charge in [-0.2, -0.15) is 4.98 Å². The molecule has 110 valence electrons. The number of thiophene rings is 1. The van der Waals surface area contributed by atoms with Crippen LogP contribution >= 0.6 is 11.3 Å². The van der Waals surface area contributed by atoms with Crippen LogP contribution in [-0.4, -0.2) is 23.1 Å². The van der Waals surface area contributed by atoms with Crippen molar-refractivity contribution in [3.63, 3.8) is 0 Å². The second kappa shape index (κ2) is 7.43. The molecule has 0 unspecified atom stereocenters. The van der Waals surface area contributed by atoms with Gasteiger partial charge in [-0.1, -0.05) is 27.2 Å². The van der Waals surface area contributed by atoms with E-state index in [1.807, 2.05) is 0 Å². The molecule has 0 atom stereocenters. The highest BCUT2D eigenvalue weighted by molar-refractivity contribution is 7.18. The van der Waals surface area contributed by atoms with E-state index in [4.69, 9.17) is 4.74 Å². The Morgan fingerprint density at radius 3 is 2.75 bits per heavy atom. The first kappa shape index (κ1) is 15.0. The van der Waals surface area contributed by atoms with Gasteiger partial charge in [0.1, 0.15) is 4.83 Å². The van der Waals surface area contributed by atoms with Crippen molar-refractivity contribution in [2.45, 2.75) is 46.5 Å². The zero-order valence-corrected chi connectivity index (χ0v) is 13.3. The molecule has 2 aromatic heterocycles. The number of anilines is 1. The van der Waals surface area contributed by atoms with Crippen molar-refractivity contribution in [1.82, 2.24) is 9.97 Å². The number of hydrogen-bond donors (Lipinski definition) is 1. The van der Waals surface area contributed by atoms with Crippen LogP contribution in [0, 0.1) is 0 Å². The largest absolute Gasteiger partial charge is 0.477 e. The molecule has 1 N–H and O–H groups in total. The molecule has 0 radical (unpaired) electrons. The molecular weight excluding hydrogens is 270 g/mol. The molecule has 0 aromatic carbocycles. The van der Waals surface area contributed by atoms with Crippen molar-refractivity contribution >= 4 is 27.5 Å². The molecule has 4 nitrogen and oxygen atoms in total. The number of hydrogen-bond acceptors (Lipinski definition) is 5. The van der Waals surface area contributed by atoms with Crippen LogP contribution in [0.3, 0.4) is 0 Å². The summed E-state index contributed by atoms with van der Waals surface area (Å²) in [5.41, 5.74) is 0. The number of aromatic nitrogens is 2. The zero-order chi connectivity index (χ0) is 14.4. The Labute approximate surface area is 124 Å². The van der Waals surface area contributed by atoms with Gasteiger partial charge in [-0.3, -0.25) is 0 Å². The first-order chi connectivity index (χ1) is 9.78. The minimum Gasteiger partial charge on any atom is -0.477 e. The Kier molecular flexibility index (Phi) is 5.59. The minimum absolute atomic E-state index is 0.676. The van der Waals surface area contributed by atoms with E-state index in [1.54, 1.807) is 11.3 Å². The first-order valence-corrected chi connectivity index (χ1v) is 8.27. The van der Waals surface area contributed by atoms with Gasteiger partial charge in [-0.25, -0.2) is 4.98 Å². The molecule has 0 amide bonds. The highest BCUT2D eigenvalue weighted by Crippen LogP contribution is 2.31. The van der Waals surface area contributed by atoms with Crippen LogP contribution in [0.15, 0.2) is 6.07 Å². The van der Waals surface area contributed by atoms with Crippen molar-refractivity contribution in [3.8, 4) is 5.88 Å². The van der Waals surface area contributed by atoms with Crippen LogP contribution in [0.2, 0.25) is 0 Å². The molecule has 0 bridgehead atoms. The van der Waals surface area contributed by atoms with Crippen LogP contribution in [0.1, 0.15) is 44.9 Å². The third-order valence-corrected chi connectivity index (χ3v) is 4.20. The number of rotatable bonds is 8. The summed E-state index contributed by atoms with van der Waals surface area (Å²) in [6.45, 7) is 8.04. The third kappa shape index (κ3) is 3.60. The molecule has 0 spiro atoms. The summed E-state index contributed by atoms with van der Waals surface area (Å²) < 4.78 is 5.85. The van der Waals surface area contributed by atoms with Crippen molar-refractivity contribution in [1.29, 1.82) is 0 Å². The lowest BCUT2D eigenvalue weighted by atomic mass is 10.3. The van der Waals surface area contributed by atoms with Gasteiger partial charge in [-0.15, -0.1) is 11.3 Å². The number of nitrogens with zero attached hydrogens (tertiary/aromatic N) is 2. The molecule has 2 aromatic rings. The van der Waals surface area contributed by atoms with Crippen LogP contribution in [0.5, 0.6) is 5.88 Å². The minimum atomic E-state index is 0.676. The van der Waals surface area contributed by atoms with Gasteiger partial charge >= 0.3 is 0 Å². The quantitative estimate of drug-likeness (QED) is 0.739. The number of ether oxygens (including phenoxy) is 1. The van der Waals surface area contributed by atoms with Gasteiger partial charge in [0.2, 0.25) is 11.8 Å². The Morgan fingerprint density at radius 2 is 2.05 bits per heavy atom. The zero-order valence-electron chi connectivity index (χ0n) is 12.5. The Bertz CT molecular complexity index is 553. The van der Waals surface area contributed by atoms with Gasteiger partial charge in [0.15, 0.2) is 0 Å². The summed E-state index contributed by atoms with van der Waals surface area (Å²) in [6, 6.07) is 2.16.